The van der Waals surface area contributed by atoms with E-state index in [-0.39, 0.29) is 19.0 Å². The third-order valence-electron chi connectivity index (χ3n) is 3.77. The van der Waals surface area contributed by atoms with Crippen LogP contribution in [0.15, 0.2) is 42.5 Å². The first-order chi connectivity index (χ1) is 12.3. The number of sulfonamides is 1. The molecule has 1 heterocycles. The smallest absolute Gasteiger partial charge is 0.241 e. The normalized spacial score (nSPS) is 12.7. The second-order valence-electron chi connectivity index (χ2n) is 5.68. The topological polar surface area (TPSA) is 84.9 Å². The molecule has 1 amide bonds. The van der Waals surface area contributed by atoms with E-state index in [0.29, 0.717) is 17.1 Å². The van der Waals surface area contributed by atoms with E-state index in [9.17, 15) is 17.6 Å². The van der Waals surface area contributed by atoms with Crippen LogP contribution >= 0.6 is 0 Å². The van der Waals surface area contributed by atoms with Gasteiger partial charge in [0.2, 0.25) is 22.7 Å². The van der Waals surface area contributed by atoms with Crippen LogP contribution < -0.4 is 19.1 Å². The molecular formula is C17H17FN2O5S. The van der Waals surface area contributed by atoms with Gasteiger partial charge in [0.05, 0.1) is 11.9 Å². The number of fused-ring (bicyclic) bond motifs is 1. The predicted molar refractivity (Wildman–Crippen MR) is 93.0 cm³/mol. The number of hydrogen-bond acceptors (Lipinski definition) is 5. The zero-order valence-electron chi connectivity index (χ0n) is 13.9. The van der Waals surface area contributed by atoms with Gasteiger partial charge < -0.3 is 14.8 Å². The van der Waals surface area contributed by atoms with E-state index >= 15 is 0 Å². The first-order valence-corrected chi connectivity index (χ1v) is 9.57. The van der Waals surface area contributed by atoms with E-state index in [1.54, 1.807) is 24.3 Å². The second-order valence-corrected chi connectivity index (χ2v) is 7.58. The van der Waals surface area contributed by atoms with Gasteiger partial charge in [-0.1, -0.05) is 18.2 Å². The Morgan fingerprint density at radius 3 is 2.65 bits per heavy atom. The summed E-state index contributed by atoms with van der Waals surface area (Å²) in [6.45, 7) is -0.419. The van der Waals surface area contributed by atoms with Crippen LogP contribution in [0.4, 0.5) is 10.1 Å². The van der Waals surface area contributed by atoms with Crippen molar-refractivity contribution in [1.82, 2.24) is 5.32 Å². The van der Waals surface area contributed by atoms with Crippen LogP contribution in [0, 0.1) is 5.82 Å². The molecule has 0 bridgehead atoms. The second kappa shape index (κ2) is 7.20. The average Bonchev–Trinajstić information content (AvgIpc) is 3.05. The third kappa shape index (κ3) is 4.05. The van der Waals surface area contributed by atoms with Gasteiger partial charge in [-0.3, -0.25) is 9.10 Å². The summed E-state index contributed by atoms with van der Waals surface area (Å²) in [4.78, 5) is 12.2. The molecule has 0 fully saturated rings. The molecule has 0 aromatic heterocycles. The third-order valence-corrected chi connectivity index (χ3v) is 4.91. The van der Waals surface area contributed by atoms with Gasteiger partial charge in [0.1, 0.15) is 12.4 Å². The van der Waals surface area contributed by atoms with Gasteiger partial charge in [-0.2, -0.15) is 0 Å². The number of nitrogens with one attached hydrogen (secondary N) is 1. The van der Waals surface area contributed by atoms with Gasteiger partial charge in [-0.25, -0.2) is 12.8 Å². The van der Waals surface area contributed by atoms with Crippen LogP contribution in [0.3, 0.4) is 0 Å². The van der Waals surface area contributed by atoms with Crippen molar-refractivity contribution in [2.24, 2.45) is 0 Å². The molecule has 0 atom stereocenters. The van der Waals surface area contributed by atoms with Crippen LogP contribution in [0.5, 0.6) is 11.5 Å². The molecule has 9 heteroatoms. The lowest BCUT2D eigenvalue weighted by molar-refractivity contribution is -0.119. The Labute approximate surface area is 150 Å². The summed E-state index contributed by atoms with van der Waals surface area (Å²) in [6, 6.07) is 10.6. The van der Waals surface area contributed by atoms with Crippen LogP contribution in [0.1, 0.15) is 5.56 Å². The SMILES string of the molecule is CS(=O)(=O)N(CC(=O)NCc1ccccc1F)c1ccc2c(c1)OCO2. The maximum absolute atomic E-state index is 13.6. The molecule has 0 radical (unpaired) electrons. The van der Waals surface area contributed by atoms with Gasteiger partial charge >= 0.3 is 0 Å². The number of rotatable bonds is 6. The molecule has 1 N–H and O–H groups in total. The van der Waals surface area contributed by atoms with Crippen molar-refractivity contribution in [2.45, 2.75) is 6.54 Å². The van der Waals surface area contributed by atoms with Crippen LogP contribution in [0.25, 0.3) is 0 Å². The van der Waals surface area contributed by atoms with E-state index in [1.807, 2.05) is 0 Å². The fourth-order valence-corrected chi connectivity index (χ4v) is 3.31. The highest BCUT2D eigenvalue weighted by atomic mass is 32.2. The number of carbonyl (C=O) groups is 1. The fraction of sp³-hybridized carbons (Fsp3) is 0.235. The maximum Gasteiger partial charge on any atom is 0.241 e. The lowest BCUT2D eigenvalue weighted by Gasteiger charge is -2.22. The molecule has 2 aromatic rings. The van der Waals surface area contributed by atoms with Gasteiger partial charge in [-0.05, 0) is 18.2 Å². The number of anilines is 1. The molecule has 1 aliphatic heterocycles. The summed E-state index contributed by atoms with van der Waals surface area (Å²) in [5.41, 5.74) is 0.590. The summed E-state index contributed by atoms with van der Waals surface area (Å²) in [5.74, 6) is -0.0889. The highest BCUT2D eigenvalue weighted by molar-refractivity contribution is 7.92. The number of hydrogen-bond donors (Lipinski definition) is 1. The summed E-state index contributed by atoms with van der Waals surface area (Å²) in [6.07, 6.45) is 1.00. The molecule has 26 heavy (non-hydrogen) atoms. The standard InChI is InChI=1S/C17H17FN2O5S/c1-26(22,23)20(13-6-7-15-16(8-13)25-11-24-15)10-17(21)19-9-12-4-2-3-5-14(12)18/h2-8H,9-11H2,1H3,(H,19,21). The molecule has 0 aliphatic carbocycles. The Hall–Kier alpha value is -2.81. The highest BCUT2D eigenvalue weighted by Gasteiger charge is 2.23. The van der Waals surface area contributed by atoms with Crippen molar-refractivity contribution in [3.05, 3.63) is 53.8 Å². The Bertz CT molecular complexity index is 933. The molecule has 2 aromatic carbocycles. The molecule has 1 aliphatic rings. The van der Waals surface area contributed by atoms with Crippen molar-refractivity contribution in [3.8, 4) is 11.5 Å². The first kappa shape index (κ1) is 18.0. The summed E-state index contributed by atoms with van der Waals surface area (Å²) in [5, 5.41) is 2.52. The molecular weight excluding hydrogens is 363 g/mol. The van der Waals surface area contributed by atoms with Crippen molar-refractivity contribution in [3.63, 3.8) is 0 Å². The molecule has 0 saturated heterocycles. The van der Waals surface area contributed by atoms with Crippen molar-refractivity contribution >= 4 is 21.6 Å². The summed E-state index contributed by atoms with van der Waals surface area (Å²) < 4.78 is 49.2. The minimum Gasteiger partial charge on any atom is -0.454 e. The number of ether oxygens (including phenoxy) is 2. The quantitative estimate of drug-likeness (QED) is 0.824. The van der Waals surface area contributed by atoms with Gasteiger partial charge in [0.25, 0.3) is 0 Å². The monoisotopic (exact) mass is 380 g/mol. The van der Waals surface area contributed by atoms with Gasteiger partial charge in [-0.15, -0.1) is 0 Å². The van der Waals surface area contributed by atoms with Crippen LogP contribution in [-0.2, 0) is 21.4 Å². The maximum atomic E-state index is 13.6. The minimum atomic E-state index is -3.72. The van der Waals surface area contributed by atoms with Gasteiger partial charge in [0, 0.05) is 18.2 Å². The lowest BCUT2D eigenvalue weighted by atomic mass is 10.2. The van der Waals surface area contributed by atoms with E-state index in [0.717, 1.165) is 10.6 Å². The molecule has 7 nitrogen and oxygen atoms in total. The van der Waals surface area contributed by atoms with E-state index in [2.05, 4.69) is 5.32 Å². The van der Waals surface area contributed by atoms with Crippen molar-refractivity contribution in [1.29, 1.82) is 0 Å². The molecule has 0 unspecified atom stereocenters. The number of nitrogens with zero attached hydrogens (tertiary/aromatic N) is 1. The van der Waals surface area contributed by atoms with Crippen molar-refractivity contribution in [2.75, 3.05) is 23.9 Å². The van der Waals surface area contributed by atoms with Gasteiger partial charge in [0.15, 0.2) is 11.5 Å². The van der Waals surface area contributed by atoms with E-state index < -0.39 is 28.3 Å². The zero-order valence-corrected chi connectivity index (χ0v) is 14.8. The predicted octanol–water partition coefficient (Wildman–Crippen LogP) is 1.64. The van der Waals surface area contributed by atoms with Crippen molar-refractivity contribution < 1.29 is 27.1 Å². The number of carbonyl (C=O) groups excluding carboxylic acids is 1. The largest absolute Gasteiger partial charge is 0.454 e. The fourth-order valence-electron chi connectivity index (χ4n) is 2.46. The highest BCUT2D eigenvalue weighted by Crippen LogP contribution is 2.36. The lowest BCUT2D eigenvalue weighted by Crippen LogP contribution is -2.40. The molecule has 138 valence electrons. The Balaban J connectivity index is 1.73. The Morgan fingerprint density at radius 2 is 1.92 bits per heavy atom. The molecule has 3 rings (SSSR count). The zero-order chi connectivity index (χ0) is 18.7. The van der Waals surface area contributed by atoms with E-state index in [1.165, 1.54) is 18.2 Å². The average molecular weight is 380 g/mol. The number of amides is 1. The molecule has 0 saturated carbocycles. The van der Waals surface area contributed by atoms with Crippen LogP contribution in [-0.4, -0.2) is 33.9 Å². The van der Waals surface area contributed by atoms with Crippen LogP contribution in [0.2, 0.25) is 0 Å². The molecule has 0 spiro atoms. The summed E-state index contributed by atoms with van der Waals surface area (Å²) in [7, 11) is -3.72. The minimum absolute atomic E-state index is 0.0375. The number of benzene rings is 2. The van der Waals surface area contributed by atoms with E-state index in [4.69, 9.17) is 9.47 Å². The summed E-state index contributed by atoms with van der Waals surface area (Å²) >= 11 is 0. The first-order valence-electron chi connectivity index (χ1n) is 7.72. The Kier molecular flexibility index (Phi) is 4.99. The Morgan fingerprint density at radius 1 is 1.19 bits per heavy atom. The number of halogens is 1.